The molecule has 1 nitrogen and oxygen atoms in total. The lowest BCUT2D eigenvalue weighted by Gasteiger charge is -2.09. The van der Waals surface area contributed by atoms with E-state index in [4.69, 9.17) is 0 Å². The summed E-state index contributed by atoms with van der Waals surface area (Å²) in [7, 11) is 0. The molecule has 0 bridgehead atoms. The van der Waals surface area contributed by atoms with Gasteiger partial charge in [0.1, 0.15) is 0 Å². The molecule has 0 aromatic rings. The maximum absolute atomic E-state index is 9.40. The van der Waals surface area contributed by atoms with E-state index in [1.54, 1.807) is 0 Å². The Morgan fingerprint density at radius 1 is 1.55 bits per heavy atom. The van der Waals surface area contributed by atoms with Crippen molar-refractivity contribution in [2.24, 2.45) is 0 Å². The molecule has 0 saturated heterocycles. The quantitative estimate of drug-likeness (QED) is 0.603. The van der Waals surface area contributed by atoms with E-state index in [9.17, 15) is 5.11 Å². The Kier molecular flexibility index (Phi) is 5.91. The Bertz CT molecular complexity index is 143. The van der Waals surface area contributed by atoms with Crippen LogP contribution in [0.1, 0.15) is 39.5 Å². The van der Waals surface area contributed by atoms with Gasteiger partial charge in [-0.2, -0.15) is 0 Å². The monoisotopic (exact) mass is 154 g/mol. The van der Waals surface area contributed by atoms with Crippen molar-refractivity contribution >= 4 is 0 Å². The summed E-state index contributed by atoms with van der Waals surface area (Å²) in [6.07, 6.45) is 3.66. The van der Waals surface area contributed by atoms with Gasteiger partial charge in [-0.1, -0.05) is 26.8 Å². The number of unbranched alkanes of at least 4 members (excludes halogenated alkanes) is 1. The molecule has 0 aliphatic rings. The summed E-state index contributed by atoms with van der Waals surface area (Å²) < 4.78 is 0. The molecule has 0 aliphatic heterocycles. The molecule has 11 heavy (non-hydrogen) atoms. The van der Waals surface area contributed by atoms with Gasteiger partial charge in [0, 0.05) is 0 Å². The Balaban J connectivity index is 3.87. The molecular formula is C10H18O. The van der Waals surface area contributed by atoms with Crippen LogP contribution in [-0.4, -0.2) is 11.2 Å². The summed E-state index contributed by atoms with van der Waals surface area (Å²) in [4.78, 5) is 0. The normalized spacial score (nSPS) is 12.3. The number of aliphatic hydroxyl groups is 1. The van der Waals surface area contributed by atoms with Crippen molar-refractivity contribution in [3.63, 3.8) is 0 Å². The second-order valence-electron chi connectivity index (χ2n) is 2.73. The van der Waals surface area contributed by atoms with E-state index in [1.807, 2.05) is 6.92 Å². The smallest absolute Gasteiger partial charge is 0.0820 e. The van der Waals surface area contributed by atoms with E-state index >= 15 is 0 Å². The molecule has 1 atom stereocenters. The minimum absolute atomic E-state index is 0.320. The first-order chi connectivity index (χ1) is 5.26. The van der Waals surface area contributed by atoms with Crippen LogP contribution in [0.3, 0.4) is 0 Å². The van der Waals surface area contributed by atoms with Crippen LogP contribution in [0, 0.1) is 0 Å². The molecule has 0 amide bonds. The minimum Gasteiger partial charge on any atom is -0.388 e. The van der Waals surface area contributed by atoms with E-state index in [-0.39, 0.29) is 6.10 Å². The molecule has 0 rings (SSSR count). The summed E-state index contributed by atoms with van der Waals surface area (Å²) in [6.45, 7) is 7.67. The predicted molar refractivity (Wildman–Crippen MR) is 48.5 cm³/mol. The van der Waals surface area contributed by atoms with Gasteiger partial charge in [0.05, 0.1) is 6.10 Å². The minimum atomic E-state index is -0.320. The van der Waals surface area contributed by atoms with Crippen LogP contribution in [-0.2, 0) is 0 Å². The summed E-state index contributed by atoms with van der Waals surface area (Å²) in [6, 6.07) is 0. The molecule has 0 fully saturated rings. The van der Waals surface area contributed by atoms with Crippen LogP contribution in [0.25, 0.3) is 0 Å². The van der Waals surface area contributed by atoms with Crippen LogP contribution >= 0.6 is 0 Å². The average Bonchev–Trinajstić information content (AvgIpc) is 2.05. The van der Waals surface area contributed by atoms with E-state index in [1.165, 1.54) is 0 Å². The molecule has 0 heterocycles. The first-order valence-electron chi connectivity index (χ1n) is 4.33. The number of hydrogen-bond acceptors (Lipinski definition) is 1. The van der Waals surface area contributed by atoms with Gasteiger partial charge in [0.25, 0.3) is 0 Å². The second-order valence-corrected chi connectivity index (χ2v) is 2.73. The highest BCUT2D eigenvalue weighted by atomic mass is 16.3. The SMILES string of the molecule is C=C=C(CCCC)[C@H](O)CC. The van der Waals surface area contributed by atoms with Gasteiger partial charge in [0.2, 0.25) is 0 Å². The molecule has 0 spiro atoms. The summed E-state index contributed by atoms with van der Waals surface area (Å²) >= 11 is 0. The van der Waals surface area contributed by atoms with E-state index in [2.05, 4.69) is 19.2 Å². The van der Waals surface area contributed by atoms with Gasteiger partial charge in [0.15, 0.2) is 0 Å². The highest BCUT2D eigenvalue weighted by molar-refractivity contribution is 5.04. The highest BCUT2D eigenvalue weighted by Gasteiger charge is 2.05. The lowest BCUT2D eigenvalue weighted by molar-refractivity contribution is 0.202. The Morgan fingerprint density at radius 2 is 2.18 bits per heavy atom. The van der Waals surface area contributed by atoms with Crippen molar-refractivity contribution in [1.82, 2.24) is 0 Å². The summed E-state index contributed by atoms with van der Waals surface area (Å²) in [5.41, 5.74) is 3.77. The van der Waals surface area contributed by atoms with Crippen LogP contribution in [0.15, 0.2) is 17.9 Å². The summed E-state index contributed by atoms with van der Waals surface area (Å²) in [5.74, 6) is 0. The maximum atomic E-state index is 9.40. The zero-order valence-electron chi connectivity index (χ0n) is 7.56. The molecule has 0 unspecified atom stereocenters. The third kappa shape index (κ3) is 4.02. The van der Waals surface area contributed by atoms with Crippen molar-refractivity contribution in [2.75, 3.05) is 0 Å². The van der Waals surface area contributed by atoms with Crippen molar-refractivity contribution < 1.29 is 5.11 Å². The van der Waals surface area contributed by atoms with Gasteiger partial charge >= 0.3 is 0 Å². The van der Waals surface area contributed by atoms with Gasteiger partial charge in [-0.15, -0.1) is 5.73 Å². The van der Waals surface area contributed by atoms with Crippen molar-refractivity contribution in [3.8, 4) is 0 Å². The predicted octanol–water partition coefficient (Wildman–Crippen LogP) is 2.66. The van der Waals surface area contributed by atoms with Crippen LogP contribution < -0.4 is 0 Å². The lowest BCUT2D eigenvalue weighted by Crippen LogP contribution is -2.07. The zero-order valence-corrected chi connectivity index (χ0v) is 7.56. The standard InChI is InChI=1S/C10H18O/c1-4-7-8-9(5-2)10(11)6-3/h10-11H,2,4,6-8H2,1,3H3/t10-/m1/s1. The summed E-state index contributed by atoms with van der Waals surface area (Å²) in [5, 5.41) is 9.40. The van der Waals surface area contributed by atoms with Gasteiger partial charge in [-0.3, -0.25) is 0 Å². The highest BCUT2D eigenvalue weighted by Crippen LogP contribution is 2.12. The first kappa shape index (κ1) is 10.5. The largest absolute Gasteiger partial charge is 0.388 e. The van der Waals surface area contributed by atoms with Gasteiger partial charge in [-0.05, 0) is 24.8 Å². The molecule has 0 aromatic heterocycles. The van der Waals surface area contributed by atoms with E-state index in [0.717, 1.165) is 31.3 Å². The fraction of sp³-hybridized carbons (Fsp3) is 0.700. The molecule has 0 aliphatic carbocycles. The van der Waals surface area contributed by atoms with Crippen LogP contribution in [0.2, 0.25) is 0 Å². The Labute approximate surface area is 69.4 Å². The molecule has 1 heteroatoms. The van der Waals surface area contributed by atoms with Crippen molar-refractivity contribution in [2.45, 2.75) is 45.6 Å². The van der Waals surface area contributed by atoms with E-state index < -0.39 is 0 Å². The fourth-order valence-corrected chi connectivity index (χ4v) is 0.986. The number of hydrogen-bond donors (Lipinski definition) is 1. The molecule has 1 N–H and O–H groups in total. The van der Waals surface area contributed by atoms with Gasteiger partial charge < -0.3 is 5.11 Å². The Hall–Kier alpha value is -0.520. The topological polar surface area (TPSA) is 20.2 Å². The third-order valence-electron chi connectivity index (χ3n) is 1.82. The average molecular weight is 154 g/mol. The maximum Gasteiger partial charge on any atom is 0.0820 e. The van der Waals surface area contributed by atoms with Crippen molar-refractivity contribution in [1.29, 1.82) is 0 Å². The fourth-order valence-electron chi connectivity index (χ4n) is 0.986. The van der Waals surface area contributed by atoms with Gasteiger partial charge in [-0.25, -0.2) is 0 Å². The van der Waals surface area contributed by atoms with Crippen molar-refractivity contribution in [3.05, 3.63) is 17.9 Å². The molecule has 0 radical (unpaired) electrons. The van der Waals surface area contributed by atoms with E-state index in [0.29, 0.717) is 0 Å². The van der Waals surface area contributed by atoms with Crippen LogP contribution in [0.4, 0.5) is 0 Å². The lowest BCUT2D eigenvalue weighted by atomic mass is 10.0. The van der Waals surface area contributed by atoms with Crippen LogP contribution in [0.5, 0.6) is 0 Å². The Morgan fingerprint density at radius 3 is 2.55 bits per heavy atom. The first-order valence-corrected chi connectivity index (χ1v) is 4.33. The third-order valence-corrected chi connectivity index (χ3v) is 1.82. The number of aliphatic hydroxyl groups excluding tert-OH is 1. The second kappa shape index (κ2) is 6.21. The molecular weight excluding hydrogens is 136 g/mol. The number of rotatable bonds is 5. The molecule has 64 valence electrons. The molecule has 0 aromatic carbocycles. The zero-order chi connectivity index (χ0) is 8.69. The molecule has 0 saturated carbocycles.